The summed E-state index contributed by atoms with van der Waals surface area (Å²) in [6.07, 6.45) is 3.38. The van der Waals surface area contributed by atoms with E-state index in [9.17, 15) is 0 Å². The number of rotatable bonds is 4. The van der Waals surface area contributed by atoms with Crippen LogP contribution in [-0.2, 0) is 0 Å². The molecule has 0 spiro atoms. The molecular weight excluding hydrogens is 346 g/mol. The molecule has 0 amide bonds. The molecule has 0 radical (unpaired) electrons. The SMILES string of the molecule is [C-]#[N+]/C(C#N)=C\C=C(\Sc1nc2ccccc2s1)c1ccc(C)cc1. The van der Waals surface area contributed by atoms with E-state index in [1.54, 1.807) is 29.2 Å². The number of aryl methyl sites for hydroxylation is 1. The number of nitriles is 1. The van der Waals surface area contributed by atoms with Crippen molar-refractivity contribution in [2.75, 3.05) is 0 Å². The maximum atomic E-state index is 8.95. The minimum absolute atomic E-state index is 0.0644. The summed E-state index contributed by atoms with van der Waals surface area (Å²) in [6, 6.07) is 18.1. The van der Waals surface area contributed by atoms with Crippen molar-refractivity contribution in [2.24, 2.45) is 0 Å². The van der Waals surface area contributed by atoms with Crippen molar-refractivity contribution in [2.45, 2.75) is 11.3 Å². The molecule has 0 unspecified atom stereocenters. The lowest BCUT2D eigenvalue weighted by Crippen LogP contribution is -1.82. The van der Waals surface area contributed by atoms with Crippen molar-refractivity contribution < 1.29 is 0 Å². The summed E-state index contributed by atoms with van der Waals surface area (Å²) in [5.41, 5.74) is 3.26. The lowest BCUT2D eigenvalue weighted by atomic mass is 10.1. The molecule has 0 fully saturated rings. The smallest absolute Gasteiger partial charge is 0.229 e. The Kier molecular flexibility index (Phi) is 5.30. The van der Waals surface area contributed by atoms with Gasteiger partial charge in [0.05, 0.1) is 22.9 Å². The summed E-state index contributed by atoms with van der Waals surface area (Å²) < 4.78 is 2.07. The second-order valence-electron chi connectivity index (χ2n) is 5.22. The van der Waals surface area contributed by atoms with Crippen LogP contribution >= 0.6 is 23.1 Å². The van der Waals surface area contributed by atoms with Crippen LogP contribution in [0.2, 0.25) is 0 Å². The van der Waals surface area contributed by atoms with E-state index in [0.717, 1.165) is 25.0 Å². The number of hydrogen-bond donors (Lipinski definition) is 0. The minimum Gasteiger partial charge on any atom is -0.229 e. The third-order valence-corrected chi connectivity index (χ3v) is 5.62. The highest BCUT2D eigenvalue weighted by Gasteiger charge is 2.09. The van der Waals surface area contributed by atoms with Crippen LogP contribution in [0.15, 0.2) is 70.7 Å². The Balaban J connectivity index is 2.00. The van der Waals surface area contributed by atoms with Gasteiger partial charge in [-0.25, -0.2) is 15.1 Å². The van der Waals surface area contributed by atoms with Gasteiger partial charge in [0.25, 0.3) is 5.70 Å². The first-order valence-electron chi connectivity index (χ1n) is 7.49. The Morgan fingerprint density at radius 1 is 1.20 bits per heavy atom. The van der Waals surface area contributed by atoms with Gasteiger partial charge in [0.1, 0.15) is 0 Å². The Morgan fingerprint density at radius 2 is 1.96 bits per heavy atom. The van der Waals surface area contributed by atoms with Gasteiger partial charge < -0.3 is 0 Å². The maximum Gasteiger partial charge on any atom is 0.261 e. The lowest BCUT2D eigenvalue weighted by Gasteiger charge is -2.05. The Morgan fingerprint density at radius 3 is 2.64 bits per heavy atom. The summed E-state index contributed by atoms with van der Waals surface area (Å²) in [7, 11) is 0. The molecule has 0 aliphatic rings. The van der Waals surface area contributed by atoms with E-state index >= 15 is 0 Å². The molecule has 0 saturated carbocycles. The normalized spacial score (nSPS) is 12.0. The molecule has 0 saturated heterocycles. The van der Waals surface area contributed by atoms with Gasteiger partial charge in [-0.1, -0.05) is 59.8 Å². The van der Waals surface area contributed by atoms with Gasteiger partial charge in [0.2, 0.25) is 0 Å². The third kappa shape index (κ3) is 4.16. The van der Waals surface area contributed by atoms with Crippen LogP contribution in [-0.4, -0.2) is 4.98 Å². The monoisotopic (exact) mass is 359 g/mol. The van der Waals surface area contributed by atoms with E-state index in [4.69, 9.17) is 11.8 Å². The Bertz CT molecular complexity index is 996. The van der Waals surface area contributed by atoms with E-state index in [2.05, 4.69) is 15.9 Å². The molecule has 0 aliphatic carbocycles. The number of hydrogen-bond acceptors (Lipinski definition) is 4. The highest BCUT2D eigenvalue weighted by Crippen LogP contribution is 2.38. The van der Waals surface area contributed by atoms with Gasteiger partial charge in [-0.2, -0.15) is 0 Å². The summed E-state index contributed by atoms with van der Waals surface area (Å²) >= 11 is 3.18. The molecule has 0 atom stereocenters. The number of benzene rings is 2. The van der Waals surface area contributed by atoms with Gasteiger partial charge in [-0.15, -0.1) is 11.3 Å². The molecule has 0 bridgehead atoms. The van der Waals surface area contributed by atoms with Gasteiger partial charge >= 0.3 is 0 Å². The van der Waals surface area contributed by atoms with Crippen LogP contribution in [0.1, 0.15) is 11.1 Å². The Hall–Kier alpha value is -2.86. The first-order valence-corrected chi connectivity index (χ1v) is 9.13. The molecule has 1 aromatic heterocycles. The number of thiazole rings is 1. The lowest BCUT2D eigenvalue weighted by molar-refractivity contribution is 1.31. The van der Waals surface area contributed by atoms with Gasteiger partial charge in [0, 0.05) is 4.91 Å². The van der Waals surface area contributed by atoms with Crippen molar-refractivity contribution in [1.82, 2.24) is 4.98 Å². The Labute approximate surface area is 154 Å². The van der Waals surface area contributed by atoms with Crippen molar-refractivity contribution in [3.8, 4) is 6.07 Å². The average molecular weight is 359 g/mol. The van der Waals surface area contributed by atoms with Crippen molar-refractivity contribution in [3.63, 3.8) is 0 Å². The third-order valence-electron chi connectivity index (χ3n) is 3.44. The van der Waals surface area contributed by atoms with Crippen LogP contribution in [0.4, 0.5) is 0 Å². The molecule has 0 N–H and O–H groups in total. The summed E-state index contributed by atoms with van der Waals surface area (Å²) in [4.78, 5) is 8.82. The van der Waals surface area contributed by atoms with E-state index < -0.39 is 0 Å². The van der Waals surface area contributed by atoms with E-state index in [1.165, 1.54) is 5.56 Å². The fraction of sp³-hybridized carbons (Fsp3) is 0.0500. The van der Waals surface area contributed by atoms with Crippen molar-refractivity contribution in [1.29, 1.82) is 5.26 Å². The maximum absolute atomic E-state index is 8.95. The van der Waals surface area contributed by atoms with Crippen LogP contribution in [0.5, 0.6) is 0 Å². The zero-order valence-electron chi connectivity index (χ0n) is 13.4. The molecule has 3 rings (SSSR count). The summed E-state index contributed by atoms with van der Waals surface area (Å²) in [5.74, 6) is 0. The zero-order chi connectivity index (χ0) is 17.6. The molecule has 2 aromatic carbocycles. The van der Waals surface area contributed by atoms with Crippen LogP contribution in [0.25, 0.3) is 20.0 Å². The first-order chi connectivity index (χ1) is 12.2. The second kappa shape index (κ2) is 7.81. The van der Waals surface area contributed by atoms with Crippen molar-refractivity contribution >= 4 is 38.2 Å². The largest absolute Gasteiger partial charge is 0.261 e. The fourth-order valence-electron chi connectivity index (χ4n) is 2.15. The number of aromatic nitrogens is 1. The molecular formula is C20H13N3S2. The van der Waals surface area contributed by atoms with E-state index in [-0.39, 0.29) is 5.70 Å². The zero-order valence-corrected chi connectivity index (χ0v) is 15.1. The van der Waals surface area contributed by atoms with Gasteiger partial charge in [0.15, 0.2) is 4.34 Å². The van der Waals surface area contributed by atoms with Crippen LogP contribution < -0.4 is 0 Å². The van der Waals surface area contributed by atoms with Gasteiger partial charge in [-0.05, 0) is 30.7 Å². The number of fused-ring (bicyclic) bond motifs is 1. The molecule has 3 nitrogen and oxygen atoms in total. The molecule has 120 valence electrons. The molecule has 1 heterocycles. The predicted molar refractivity (Wildman–Crippen MR) is 105 cm³/mol. The van der Waals surface area contributed by atoms with E-state index in [1.807, 2.05) is 61.5 Å². The molecule has 3 aromatic rings. The van der Waals surface area contributed by atoms with Crippen molar-refractivity contribution in [3.05, 3.63) is 88.9 Å². The summed E-state index contributed by atoms with van der Waals surface area (Å²) in [5, 5.41) is 8.95. The van der Waals surface area contributed by atoms with E-state index in [0.29, 0.717) is 0 Å². The minimum atomic E-state index is 0.0644. The molecule has 0 aliphatic heterocycles. The highest BCUT2D eigenvalue weighted by molar-refractivity contribution is 8.09. The number of nitrogens with zero attached hydrogens (tertiary/aromatic N) is 3. The number of thioether (sulfide) groups is 1. The first kappa shape index (κ1) is 17.0. The predicted octanol–water partition coefficient (Wildman–Crippen LogP) is 6.06. The average Bonchev–Trinajstić information content (AvgIpc) is 3.04. The highest BCUT2D eigenvalue weighted by atomic mass is 32.2. The second-order valence-corrected chi connectivity index (χ2v) is 7.54. The standard InChI is InChI=1S/C20H13N3S2/c1-14-7-9-15(10-8-14)18(12-11-16(13-21)22-2)24-20-23-17-5-3-4-6-19(17)25-20/h3-12H,1H3/b16-11-,18-12+. The topological polar surface area (TPSA) is 41.0 Å². The molecule has 5 heteroatoms. The van der Waals surface area contributed by atoms with Crippen LogP contribution in [0.3, 0.4) is 0 Å². The van der Waals surface area contributed by atoms with Gasteiger partial charge in [-0.3, -0.25) is 0 Å². The molecule has 25 heavy (non-hydrogen) atoms. The summed E-state index contributed by atoms with van der Waals surface area (Å²) in [6.45, 7) is 9.06. The number of para-hydroxylation sites is 1. The quantitative estimate of drug-likeness (QED) is 0.246. The number of allylic oxidation sites excluding steroid dienone is 3. The fourth-order valence-corrected chi connectivity index (χ4v) is 4.27. The van der Waals surface area contributed by atoms with Crippen LogP contribution in [0, 0.1) is 24.8 Å².